The van der Waals surface area contributed by atoms with Crippen molar-refractivity contribution in [3.8, 4) is 22.8 Å². The summed E-state index contributed by atoms with van der Waals surface area (Å²) in [5.41, 5.74) is 0.854. The molecule has 3 aromatic rings. The molecule has 0 aliphatic carbocycles. The Morgan fingerprint density at radius 3 is 2.71 bits per heavy atom. The summed E-state index contributed by atoms with van der Waals surface area (Å²) in [6.07, 6.45) is 2.60. The van der Waals surface area contributed by atoms with Crippen molar-refractivity contribution in [2.24, 2.45) is 0 Å². The van der Waals surface area contributed by atoms with E-state index in [0.29, 0.717) is 16.7 Å². The van der Waals surface area contributed by atoms with Gasteiger partial charge in [-0.2, -0.15) is 4.39 Å². The van der Waals surface area contributed by atoms with Crippen LogP contribution in [0.15, 0.2) is 46.0 Å². The number of pyridine rings is 2. The minimum Gasteiger partial charge on any atom is -0.505 e. The van der Waals surface area contributed by atoms with Gasteiger partial charge in [0.2, 0.25) is 11.8 Å². The summed E-state index contributed by atoms with van der Waals surface area (Å²) in [4.78, 5) is 19.7. The second kappa shape index (κ2) is 7.78. The summed E-state index contributed by atoms with van der Waals surface area (Å²) < 4.78 is 52.5. The highest BCUT2D eigenvalue weighted by atomic mass is 79.9. The molecule has 31 heavy (non-hydrogen) atoms. The van der Waals surface area contributed by atoms with E-state index in [2.05, 4.69) is 30.6 Å². The van der Waals surface area contributed by atoms with Crippen LogP contribution >= 0.6 is 15.9 Å². The third-order valence-corrected chi connectivity index (χ3v) is 6.45. The molecule has 1 aliphatic heterocycles. The molecule has 0 fully saturated rings. The van der Waals surface area contributed by atoms with Crippen LogP contribution in [0.25, 0.3) is 11.1 Å². The normalized spacial score (nSPS) is 14.7. The predicted octanol–water partition coefficient (Wildman–Crippen LogP) is 3.23. The van der Waals surface area contributed by atoms with E-state index < -0.39 is 32.6 Å². The molecule has 3 heterocycles. The number of rotatable bonds is 1. The Bertz CT molecular complexity index is 1330. The van der Waals surface area contributed by atoms with Crippen molar-refractivity contribution in [3.05, 3.63) is 58.2 Å². The van der Waals surface area contributed by atoms with Gasteiger partial charge in [-0.25, -0.2) is 23.2 Å². The zero-order chi connectivity index (χ0) is 22.3. The van der Waals surface area contributed by atoms with E-state index in [1.54, 1.807) is 0 Å². The van der Waals surface area contributed by atoms with Crippen LogP contribution in [0.3, 0.4) is 0 Å². The van der Waals surface area contributed by atoms with Crippen LogP contribution in [0.1, 0.15) is 15.9 Å². The van der Waals surface area contributed by atoms with Crippen molar-refractivity contribution >= 4 is 37.6 Å². The Morgan fingerprint density at radius 2 is 1.97 bits per heavy atom. The predicted molar refractivity (Wildman–Crippen MR) is 110 cm³/mol. The highest BCUT2D eigenvalue weighted by molar-refractivity contribution is 9.10. The summed E-state index contributed by atoms with van der Waals surface area (Å²) in [5, 5.41) is 10.3. The third-order valence-electron chi connectivity index (χ3n) is 4.47. The number of hydrogen-bond acceptors (Lipinski definition) is 8. The minimum atomic E-state index is -4.39. The molecule has 0 spiro atoms. The maximum Gasteiger partial charge on any atom is 0.338 e. The van der Waals surface area contributed by atoms with Crippen LogP contribution in [-0.2, 0) is 21.4 Å². The molecule has 0 saturated heterocycles. The van der Waals surface area contributed by atoms with Gasteiger partial charge in [0.1, 0.15) is 22.9 Å². The average molecular weight is 510 g/mol. The maximum absolute atomic E-state index is 13.8. The Kier molecular flexibility index (Phi) is 5.27. The van der Waals surface area contributed by atoms with E-state index in [9.17, 15) is 22.7 Å². The molecule has 2 N–H and O–H groups in total. The molecule has 12 heteroatoms. The second-order valence-corrected chi connectivity index (χ2v) is 8.94. The topological polar surface area (TPSA) is 128 Å². The fraction of sp³-hybridized carbons (Fsp3) is 0.105. The van der Waals surface area contributed by atoms with E-state index in [1.807, 2.05) is 0 Å². The van der Waals surface area contributed by atoms with Crippen LogP contribution in [0, 0.1) is 5.95 Å². The molecule has 2 aromatic heterocycles. The van der Waals surface area contributed by atoms with Crippen molar-refractivity contribution in [3.63, 3.8) is 0 Å². The lowest BCUT2D eigenvalue weighted by molar-refractivity contribution is 0.0472. The van der Waals surface area contributed by atoms with E-state index in [1.165, 1.54) is 31.6 Å². The van der Waals surface area contributed by atoms with Crippen LogP contribution < -0.4 is 9.46 Å². The van der Waals surface area contributed by atoms with E-state index in [0.717, 1.165) is 12.1 Å². The number of esters is 1. The Hall–Kier alpha value is -3.25. The number of aromatic nitrogens is 2. The van der Waals surface area contributed by atoms with Crippen molar-refractivity contribution in [1.29, 1.82) is 0 Å². The first kappa shape index (κ1) is 21.0. The van der Waals surface area contributed by atoms with Crippen molar-refractivity contribution in [2.75, 3.05) is 11.8 Å². The molecule has 0 atom stereocenters. The van der Waals surface area contributed by atoms with Crippen molar-refractivity contribution in [2.45, 2.75) is 11.5 Å². The molecule has 0 unspecified atom stereocenters. The van der Waals surface area contributed by atoms with Crippen LogP contribution in [-0.4, -0.2) is 36.6 Å². The Morgan fingerprint density at radius 1 is 1.19 bits per heavy atom. The summed E-state index contributed by atoms with van der Waals surface area (Å²) in [5.74, 6) is -2.30. The molecule has 160 valence electrons. The molecule has 0 amide bonds. The first-order chi connectivity index (χ1) is 14.7. The molecule has 0 radical (unpaired) electrons. The number of hydrogen-bond donors (Lipinski definition) is 2. The largest absolute Gasteiger partial charge is 0.505 e. The number of phenolic OH excluding ortho intramolecular Hbond substituents is 1. The quantitative estimate of drug-likeness (QED) is 0.378. The number of nitrogens with zero attached hydrogens (tertiary/aromatic N) is 2. The van der Waals surface area contributed by atoms with Gasteiger partial charge in [-0.3, -0.25) is 4.72 Å². The highest BCUT2D eigenvalue weighted by Crippen LogP contribution is 2.37. The van der Waals surface area contributed by atoms with Crippen molar-refractivity contribution < 1.29 is 32.2 Å². The Labute approximate surface area is 184 Å². The lowest BCUT2D eigenvalue weighted by Gasteiger charge is -2.14. The first-order valence-corrected chi connectivity index (χ1v) is 10.9. The number of anilines is 1. The lowest BCUT2D eigenvalue weighted by Crippen LogP contribution is -2.15. The number of nitrogens with one attached hydrogen (secondary N) is 1. The van der Waals surface area contributed by atoms with E-state index in [-0.39, 0.29) is 28.2 Å². The molecule has 4 bridgehead atoms. The number of cyclic esters (lactones) is 1. The van der Waals surface area contributed by atoms with Gasteiger partial charge in [0.05, 0.1) is 17.1 Å². The average Bonchev–Trinajstić information content (AvgIpc) is 2.73. The molecule has 1 aliphatic rings. The molecular weight excluding hydrogens is 497 g/mol. The smallest absolute Gasteiger partial charge is 0.338 e. The molecule has 4 rings (SSSR count). The van der Waals surface area contributed by atoms with Crippen LogP contribution in [0.5, 0.6) is 11.6 Å². The standard InChI is InChI=1S/C19H13BrFN3O6S/c1-29-18-14-3-10(6-23-18)12-7-22-16(21)5-11(12)8-30-19(26)9-2-13(20)17(25)15(4-9)31(27,28)24-14/h2-7,24-25H,8H2,1H3. The van der Waals surface area contributed by atoms with Crippen LogP contribution in [0.4, 0.5) is 10.1 Å². The number of halogens is 2. The number of aromatic hydroxyl groups is 1. The number of phenols is 1. The number of ether oxygens (including phenoxy) is 2. The zero-order valence-electron chi connectivity index (χ0n) is 15.7. The fourth-order valence-electron chi connectivity index (χ4n) is 3.01. The van der Waals surface area contributed by atoms with Crippen molar-refractivity contribution in [1.82, 2.24) is 9.97 Å². The molecule has 1 aromatic carbocycles. The van der Waals surface area contributed by atoms with Gasteiger partial charge in [-0.1, -0.05) is 0 Å². The lowest BCUT2D eigenvalue weighted by atomic mass is 10.0. The molecule has 0 saturated carbocycles. The number of carbonyl (C=O) groups excluding carboxylic acids is 1. The SMILES string of the molecule is COc1ncc2cc1NS(=O)(=O)c1cc(cc(Br)c1O)C(=O)OCc1cc(F)ncc1-2. The third kappa shape index (κ3) is 3.91. The maximum atomic E-state index is 13.8. The monoisotopic (exact) mass is 509 g/mol. The molecular formula is C19H13BrFN3O6S. The summed E-state index contributed by atoms with van der Waals surface area (Å²) >= 11 is 3.04. The summed E-state index contributed by atoms with van der Waals surface area (Å²) in [7, 11) is -3.08. The van der Waals surface area contributed by atoms with Gasteiger partial charge in [0.15, 0.2) is 0 Å². The highest BCUT2D eigenvalue weighted by Gasteiger charge is 2.26. The van der Waals surface area contributed by atoms with Gasteiger partial charge in [-0.05, 0) is 34.1 Å². The van der Waals surface area contributed by atoms with Gasteiger partial charge >= 0.3 is 5.97 Å². The van der Waals surface area contributed by atoms with Gasteiger partial charge < -0.3 is 14.6 Å². The summed E-state index contributed by atoms with van der Waals surface area (Å²) in [6.45, 7) is -0.316. The molecule has 9 nitrogen and oxygen atoms in total. The zero-order valence-corrected chi connectivity index (χ0v) is 18.1. The number of sulfonamides is 1. The van der Waals surface area contributed by atoms with Gasteiger partial charge in [0.25, 0.3) is 10.0 Å². The fourth-order valence-corrected chi connectivity index (χ4v) is 4.79. The minimum absolute atomic E-state index is 0.0355. The van der Waals surface area contributed by atoms with E-state index >= 15 is 0 Å². The number of fused-ring (bicyclic) bond motifs is 6. The van der Waals surface area contributed by atoms with Gasteiger partial charge in [0, 0.05) is 35.2 Å². The number of benzene rings is 1. The van der Waals surface area contributed by atoms with Gasteiger partial charge in [-0.15, -0.1) is 0 Å². The number of methoxy groups -OCH3 is 1. The first-order valence-electron chi connectivity index (χ1n) is 8.61. The Balaban J connectivity index is 2.00. The van der Waals surface area contributed by atoms with Crippen LogP contribution in [0.2, 0.25) is 0 Å². The van der Waals surface area contributed by atoms with E-state index in [4.69, 9.17) is 9.47 Å². The summed E-state index contributed by atoms with van der Waals surface area (Å²) in [6, 6.07) is 4.71. The second-order valence-electron chi connectivity index (χ2n) is 6.43. The number of carbonyl (C=O) groups is 1.